The maximum Gasteiger partial charge on any atom is 0.270 e. The van der Waals surface area contributed by atoms with Crippen LogP contribution in [0.1, 0.15) is 19.4 Å². The summed E-state index contributed by atoms with van der Waals surface area (Å²) in [4.78, 5) is 26.8. The van der Waals surface area contributed by atoms with Gasteiger partial charge in [0.25, 0.3) is 11.6 Å². The third-order valence-corrected chi connectivity index (χ3v) is 4.28. The number of hydrogen-bond acceptors (Lipinski definition) is 6. The molecule has 26 heavy (non-hydrogen) atoms. The third-order valence-electron chi connectivity index (χ3n) is 4.28. The van der Waals surface area contributed by atoms with Crippen LogP contribution in [0.5, 0.6) is 0 Å². The first-order chi connectivity index (χ1) is 12.5. The zero-order chi connectivity index (χ0) is 19.1. The molecule has 0 saturated carbocycles. The minimum Gasteiger partial charge on any atom is -0.378 e. The van der Waals surface area contributed by atoms with Crippen molar-refractivity contribution in [2.75, 3.05) is 44.3 Å². The fourth-order valence-corrected chi connectivity index (χ4v) is 2.86. The van der Waals surface area contributed by atoms with E-state index in [4.69, 9.17) is 4.74 Å². The number of anilines is 1. The van der Waals surface area contributed by atoms with Crippen molar-refractivity contribution in [3.63, 3.8) is 0 Å². The predicted molar refractivity (Wildman–Crippen MR) is 97.6 cm³/mol. The number of nitro benzene ring substituents is 1. The molecule has 8 heteroatoms. The number of nitro groups is 1. The Labute approximate surface area is 152 Å². The lowest BCUT2D eigenvalue weighted by Gasteiger charge is -2.27. The highest BCUT2D eigenvalue weighted by Crippen LogP contribution is 2.28. The van der Waals surface area contributed by atoms with Gasteiger partial charge in [-0.25, -0.2) is 0 Å². The summed E-state index contributed by atoms with van der Waals surface area (Å²) in [7, 11) is 0. The third kappa shape index (κ3) is 4.37. The second kappa shape index (κ2) is 8.97. The summed E-state index contributed by atoms with van der Waals surface area (Å²) >= 11 is 0. The van der Waals surface area contributed by atoms with Crippen LogP contribution in [0.25, 0.3) is 6.08 Å². The van der Waals surface area contributed by atoms with E-state index in [9.17, 15) is 20.2 Å². The molecule has 0 atom stereocenters. The molecule has 1 aromatic carbocycles. The van der Waals surface area contributed by atoms with Crippen LogP contribution in [0.4, 0.5) is 11.4 Å². The Morgan fingerprint density at radius 2 is 2.04 bits per heavy atom. The first-order valence-corrected chi connectivity index (χ1v) is 8.54. The van der Waals surface area contributed by atoms with E-state index in [1.54, 1.807) is 11.0 Å². The van der Waals surface area contributed by atoms with Gasteiger partial charge in [0.05, 0.1) is 18.1 Å². The molecule has 0 radical (unpaired) electrons. The van der Waals surface area contributed by atoms with Crippen LogP contribution in [0.2, 0.25) is 0 Å². The molecule has 0 aliphatic carbocycles. The molecular weight excluding hydrogens is 336 g/mol. The number of hydrogen-bond donors (Lipinski definition) is 0. The molecule has 1 fully saturated rings. The van der Waals surface area contributed by atoms with Crippen molar-refractivity contribution in [1.29, 1.82) is 5.26 Å². The Kier molecular flexibility index (Phi) is 6.69. The van der Waals surface area contributed by atoms with Crippen molar-refractivity contribution < 1.29 is 14.5 Å². The fraction of sp³-hybridized carbons (Fsp3) is 0.444. The van der Waals surface area contributed by atoms with Crippen LogP contribution in [0.15, 0.2) is 23.8 Å². The lowest BCUT2D eigenvalue weighted by atomic mass is 10.1. The number of rotatable bonds is 6. The number of nitrogens with zero attached hydrogens (tertiary/aromatic N) is 4. The molecule has 0 N–H and O–H groups in total. The normalized spacial score (nSPS) is 14.7. The molecule has 1 aliphatic heterocycles. The summed E-state index contributed by atoms with van der Waals surface area (Å²) < 4.78 is 5.23. The Morgan fingerprint density at radius 1 is 1.38 bits per heavy atom. The summed E-state index contributed by atoms with van der Waals surface area (Å²) in [5.41, 5.74) is 1.12. The van der Waals surface area contributed by atoms with E-state index in [0.717, 1.165) is 5.69 Å². The molecule has 1 heterocycles. The van der Waals surface area contributed by atoms with Crippen molar-refractivity contribution in [3.8, 4) is 6.07 Å². The van der Waals surface area contributed by atoms with Gasteiger partial charge >= 0.3 is 0 Å². The van der Waals surface area contributed by atoms with Gasteiger partial charge in [-0.3, -0.25) is 14.9 Å². The standard InChI is InChI=1S/C18H22N4O4/c1-3-20(4-2)17-6-5-16(22(24)25)12-14(17)11-15(13-19)18(23)21-7-9-26-10-8-21/h5-6,11-12H,3-4,7-10H2,1-2H3/b15-11+. The zero-order valence-corrected chi connectivity index (χ0v) is 15.0. The van der Waals surface area contributed by atoms with E-state index in [1.807, 2.05) is 24.8 Å². The molecule has 0 aromatic heterocycles. The van der Waals surface area contributed by atoms with Crippen molar-refractivity contribution in [1.82, 2.24) is 4.90 Å². The monoisotopic (exact) mass is 358 g/mol. The fourth-order valence-electron chi connectivity index (χ4n) is 2.86. The van der Waals surface area contributed by atoms with Gasteiger partial charge in [0.2, 0.25) is 0 Å². The van der Waals surface area contributed by atoms with E-state index in [-0.39, 0.29) is 17.2 Å². The van der Waals surface area contributed by atoms with Crippen LogP contribution in [0.3, 0.4) is 0 Å². The van der Waals surface area contributed by atoms with Gasteiger partial charge in [-0.2, -0.15) is 5.26 Å². The number of amides is 1. The van der Waals surface area contributed by atoms with E-state index in [0.29, 0.717) is 45.0 Å². The molecule has 138 valence electrons. The molecule has 1 saturated heterocycles. The highest BCUT2D eigenvalue weighted by Gasteiger charge is 2.22. The van der Waals surface area contributed by atoms with Gasteiger partial charge in [-0.15, -0.1) is 0 Å². The highest BCUT2D eigenvalue weighted by molar-refractivity contribution is 6.02. The van der Waals surface area contributed by atoms with Crippen LogP contribution in [-0.4, -0.2) is 55.1 Å². The van der Waals surface area contributed by atoms with Gasteiger partial charge in [0, 0.05) is 49.6 Å². The van der Waals surface area contributed by atoms with Crippen molar-refractivity contribution in [3.05, 3.63) is 39.4 Å². The van der Waals surface area contributed by atoms with Gasteiger partial charge in [-0.05, 0) is 26.0 Å². The van der Waals surface area contributed by atoms with E-state index in [1.165, 1.54) is 18.2 Å². The number of carbonyl (C=O) groups is 1. The van der Waals surface area contributed by atoms with Crippen LogP contribution in [0, 0.1) is 21.4 Å². The highest BCUT2D eigenvalue weighted by atomic mass is 16.6. The maximum atomic E-state index is 12.6. The number of ether oxygens (including phenoxy) is 1. The van der Waals surface area contributed by atoms with Crippen LogP contribution in [-0.2, 0) is 9.53 Å². The quantitative estimate of drug-likeness (QED) is 0.334. The molecular formula is C18H22N4O4. The molecule has 1 aliphatic rings. The molecule has 1 aromatic rings. The lowest BCUT2D eigenvalue weighted by Crippen LogP contribution is -2.41. The average molecular weight is 358 g/mol. The first kappa shape index (κ1) is 19.4. The zero-order valence-electron chi connectivity index (χ0n) is 15.0. The number of benzene rings is 1. The Balaban J connectivity index is 2.46. The lowest BCUT2D eigenvalue weighted by molar-refractivity contribution is -0.384. The second-order valence-electron chi connectivity index (χ2n) is 5.75. The van der Waals surface area contributed by atoms with Crippen molar-refractivity contribution in [2.24, 2.45) is 0 Å². The smallest absolute Gasteiger partial charge is 0.270 e. The van der Waals surface area contributed by atoms with Gasteiger partial charge in [0.1, 0.15) is 11.6 Å². The topological polar surface area (TPSA) is 99.7 Å². The summed E-state index contributed by atoms with van der Waals surface area (Å²) in [6, 6.07) is 6.43. The maximum absolute atomic E-state index is 12.6. The summed E-state index contributed by atoms with van der Waals surface area (Å²) in [5.74, 6) is -0.382. The Bertz CT molecular complexity index is 744. The SMILES string of the molecule is CCN(CC)c1ccc([N+](=O)[O-])cc1/C=C(\C#N)C(=O)N1CCOCC1. The second-order valence-corrected chi connectivity index (χ2v) is 5.75. The number of non-ortho nitro benzene ring substituents is 1. The molecule has 0 spiro atoms. The Hall–Kier alpha value is -2.92. The van der Waals surface area contributed by atoms with Gasteiger partial charge < -0.3 is 14.5 Å². The van der Waals surface area contributed by atoms with E-state index in [2.05, 4.69) is 0 Å². The van der Waals surface area contributed by atoms with Crippen molar-refractivity contribution >= 4 is 23.4 Å². The molecule has 0 unspecified atom stereocenters. The summed E-state index contributed by atoms with van der Waals surface area (Å²) in [6.45, 7) is 7.08. The van der Waals surface area contributed by atoms with Crippen LogP contribution >= 0.6 is 0 Å². The number of morpholine rings is 1. The van der Waals surface area contributed by atoms with Crippen molar-refractivity contribution in [2.45, 2.75) is 13.8 Å². The number of carbonyl (C=O) groups excluding carboxylic acids is 1. The van der Waals surface area contributed by atoms with Gasteiger partial charge in [0.15, 0.2) is 0 Å². The minimum absolute atomic E-state index is 0.0409. The van der Waals surface area contributed by atoms with E-state index < -0.39 is 4.92 Å². The van der Waals surface area contributed by atoms with Gasteiger partial charge in [-0.1, -0.05) is 0 Å². The molecule has 8 nitrogen and oxygen atoms in total. The first-order valence-electron chi connectivity index (χ1n) is 8.54. The minimum atomic E-state index is -0.487. The molecule has 2 rings (SSSR count). The van der Waals surface area contributed by atoms with E-state index >= 15 is 0 Å². The van der Waals surface area contributed by atoms with Crippen LogP contribution < -0.4 is 4.90 Å². The largest absolute Gasteiger partial charge is 0.378 e. The summed E-state index contributed by atoms with van der Waals surface area (Å²) in [5, 5.41) is 20.6. The predicted octanol–water partition coefficient (Wildman–Crippen LogP) is 2.21. The number of nitriles is 1. The molecule has 0 bridgehead atoms. The Morgan fingerprint density at radius 3 is 2.58 bits per heavy atom. The summed E-state index contributed by atoms with van der Waals surface area (Å²) in [6.07, 6.45) is 1.44. The average Bonchev–Trinajstić information content (AvgIpc) is 2.67. The molecule has 1 amide bonds.